The lowest BCUT2D eigenvalue weighted by Gasteiger charge is -2.27. The van der Waals surface area contributed by atoms with Crippen molar-refractivity contribution < 1.29 is 0 Å². The van der Waals surface area contributed by atoms with Crippen LogP contribution in [0, 0.1) is 0 Å². The zero-order valence-electron chi connectivity index (χ0n) is 10.2. The molecule has 0 bridgehead atoms. The van der Waals surface area contributed by atoms with Gasteiger partial charge < -0.3 is 10.2 Å². The Bertz CT molecular complexity index is 316. The molecule has 0 amide bonds. The Hall–Kier alpha value is -0.450. The molecule has 0 spiro atoms. The van der Waals surface area contributed by atoms with Crippen LogP contribution in [0.4, 0.5) is 0 Å². The predicted molar refractivity (Wildman–Crippen MR) is 69.0 cm³/mol. The molecule has 1 N–H and O–H groups in total. The van der Waals surface area contributed by atoms with Gasteiger partial charge >= 0.3 is 0 Å². The number of nitrogens with zero attached hydrogens (tertiary/aromatic N) is 2. The van der Waals surface area contributed by atoms with E-state index in [4.69, 9.17) is 4.98 Å². The van der Waals surface area contributed by atoms with E-state index in [1.54, 1.807) is 0 Å². The summed E-state index contributed by atoms with van der Waals surface area (Å²) >= 11 is 1.84. The lowest BCUT2D eigenvalue weighted by molar-refractivity contribution is 0.255. The molecule has 4 heteroatoms. The van der Waals surface area contributed by atoms with Gasteiger partial charge in [-0.05, 0) is 39.5 Å². The van der Waals surface area contributed by atoms with Crippen molar-refractivity contribution in [2.24, 2.45) is 0 Å². The highest BCUT2D eigenvalue weighted by Crippen LogP contribution is 2.29. The molecular formula is C12H21N3S. The second-order valence-corrected chi connectivity index (χ2v) is 5.42. The van der Waals surface area contributed by atoms with Gasteiger partial charge in [0.2, 0.25) is 0 Å². The third kappa shape index (κ3) is 3.03. The lowest BCUT2D eigenvalue weighted by atomic mass is 9.98. The number of likely N-dealkylation sites (tertiary alicyclic amines) is 1. The second kappa shape index (κ2) is 5.75. The maximum Gasteiger partial charge on any atom is 0.0960 e. The summed E-state index contributed by atoms with van der Waals surface area (Å²) in [6.45, 7) is 6.49. The third-order valence-electron chi connectivity index (χ3n) is 3.19. The van der Waals surface area contributed by atoms with Crippen LogP contribution in [0.25, 0.3) is 0 Å². The van der Waals surface area contributed by atoms with E-state index < -0.39 is 0 Å². The Morgan fingerprint density at radius 3 is 2.94 bits per heavy atom. The highest BCUT2D eigenvalue weighted by Gasteiger charge is 2.20. The summed E-state index contributed by atoms with van der Waals surface area (Å²) in [5, 5.41) is 6.88. The van der Waals surface area contributed by atoms with Crippen LogP contribution in [0.5, 0.6) is 0 Å². The van der Waals surface area contributed by atoms with Gasteiger partial charge in [0.05, 0.1) is 10.7 Å². The zero-order chi connectivity index (χ0) is 11.4. The number of piperidine rings is 1. The number of hydrogen-bond donors (Lipinski definition) is 1. The molecule has 0 saturated carbocycles. The number of rotatable bonds is 4. The van der Waals surface area contributed by atoms with Gasteiger partial charge in [-0.15, -0.1) is 11.3 Å². The first-order valence-corrected chi connectivity index (χ1v) is 7.01. The number of thiazole rings is 1. The van der Waals surface area contributed by atoms with Gasteiger partial charge in [0.1, 0.15) is 0 Å². The van der Waals surface area contributed by atoms with Crippen molar-refractivity contribution in [1.29, 1.82) is 0 Å². The van der Waals surface area contributed by atoms with Crippen molar-refractivity contribution in [2.45, 2.75) is 32.2 Å². The van der Waals surface area contributed by atoms with Crippen LogP contribution in [0.15, 0.2) is 5.38 Å². The topological polar surface area (TPSA) is 28.2 Å². The van der Waals surface area contributed by atoms with Crippen molar-refractivity contribution in [2.75, 3.05) is 26.7 Å². The molecule has 1 aromatic rings. The first-order chi connectivity index (χ1) is 7.79. The smallest absolute Gasteiger partial charge is 0.0960 e. The van der Waals surface area contributed by atoms with Crippen LogP contribution < -0.4 is 5.32 Å². The molecular weight excluding hydrogens is 218 g/mol. The van der Waals surface area contributed by atoms with Crippen LogP contribution in [0.2, 0.25) is 0 Å². The van der Waals surface area contributed by atoms with E-state index in [2.05, 4.69) is 29.6 Å². The standard InChI is InChI=1S/C12H21N3S/c1-3-13-8-11-9-16-12(14-11)10-4-6-15(2)7-5-10/h9-10,13H,3-8H2,1-2H3. The molecule has 2 rings (SSSR count). The molecule has 1 aliphatic heterocycles. The molecule has 16 heavy (non-hydrogen) atoms. The number of aromatic nitrogens is 1. The minimum Gasteiger partial charge on any atom is -0.311 e. The van der Waals surface area contributed by atoms with Gasteiger partial charge in [-0.1, -0.05) is 6.92 Å². The van der Waals surface area contributed by atoms with Gasteiger partial charge in [-0.2, -0.15) is 0 Å². The monoisotopic (exact) mass is 239 g/mol. The van der Waals surface area contributed by atoms with Crippen molar-refractivity contribution >= 4 is 11.3 Å². The summed E-state index contributed by atoms with van der Waals surface area (Å²) in [5.74, 6) is 0.705. The van der Waals surface area contributed by atoms with Crippen molar-refractivity contribution in [3.63, 3.8) is 0 Å². The molecule has 1 saturated heterocycles. The largest absolute Gasteiger partial charge is 0.311 e. The highest BCUT2D eigenvalue weighted by molar-refractivity contribution is 7.09. The van der Waals surface area contributed by atoms with Crippen molar-refractivity contribution in [1.82, 2.24) is 15.2 Å². The van der Waals surface area contributed by atoms with Gasteiger partial charge in [0.25, 0.3) is 0 Å². The number of nitrogens with one attached hydrogen (secondary N) is 1. The summed E-state index contributed by atoms with van der Waals surface area (Å²) in [7, 11) is 2.20. The van der Waals surface area contributed by atoms with Gasteiger partial charge in [0.15, 0.2) is 0 Å². The molecule has 0 radical (unpaired) electrons. The zero-order valence-corrected chi connectivity index (χ0v) is 11.0. The fourth-order valence-electron chi connectivity index (χ4n) is 2.10. The Balaban J connectivity index is 1.91. The summed E-state index contributed by atoms with van der Waals surface area (Å²) < 4.78 is 0. The first kappa shape index (κ1) is 12.0. The molecule has 1 aliphatic rings. The summed E-state index contributed by atoms with van der Waals surface area (Å²) in [4.78, 5) is 7.14. The quantitative estimate of drug-likeness (QED) is 0.872. The van der Waals surface area contributed by atoms with Crippen LogP contribution in [0.3, 0.4) is 0 Å². The van der Waals surface area contributed by atoms with Crippen LogP contribution in [-0.4, -0.2) is 36.6 Å². The average Bonchev–Trinajstić information content (AvgIpc) is 2.76. The normalized spacial score (nSPS) is 19.1. The minimum atomic E-state index is 0.705. The number of hydrogen-bond acceptors (Lipinski definition) is 4. The van der Waals surface area contributed by atoms with E-state index in [-0.39, 0.29) is 0 Å². The maximum absolute atomic E-state index is 4.73. The fraction of sp³-hybridized carbons (Fsp3) is 0.750. The molecule has 3 nitrogen and oxygen atoms in total. The highest BCUT2D eigenvalue weighted by atomic mass is 32.1. The van der Waals surface area contributed by atoms with Crippen LogP contribution in [0.1, 0.15) is 36.4 Å². The lowest BCUT2D eigenvalue weighted by Crippen LogP contribution is -2.29. The first-order valence-electron chi connectivity index (χ1n) is 6.13. The molecule has 0 aliphatic carbocycles. The fourth-order valence-corrected chi connectivity index (χ4v) is 3.09. The molecule has 90 valence electrons. The Kier molecular flexibility index (Phi) is 4.32. The minimum absolute atomic E-state index is 0.705. The molecule has 0 aromatic carbocycles. The van der Waals surface area contributed by atoms with E-state index in [1.807, 2.05) is 11.3 Å². The summed E-state index contributed by atoms with van der Waals surface area (Å²) in [6.07, 6.45) is 2.54. The SMILES string of the molecule is CCNCc1csc(C2CCN(C)CC2)n1. The van der Waals surface area contributed by atoms with Crippen molar-refractivity contribution in [3.8, 4) is 0 Å². The van der Waals surface area contributed by atoms with E-state index in [0.717, 1.165) is 13.1 Å². The molecule has 0 unspecified atom stereocenters. The summed E-state index contributed by atoms with van der Waals surface area (Å²) in [6, 6.07) is 0. The Labute approximate surface area is 102 Å². The maximum atomic E-state index is 4.73. The van der Waals surface area contributed by atoms with E-state index in [9.17, 15) is 0 Å². The Morgan fingerprint density at radius 2 is 2.25 bits per heavy atom. The third-order valence-corrected chi connectivity index (χ3v) is 4.25. The summed E-state index contributed by atoms with van der Waals surface area (Å²) in [5.41, 5.74) is 1.21. The molecule has 0 atom stereocenters. The van der Waals surface area contributed by atoms with Crippen LogP contribution in [-0.2, 0) is 6.54 Å². The predicted octanol–water partition coefficient (Wildman–Crippen LogP) is 2.06. The molecule has 2 heterocycles. The average molecular weight is 239 g/mol. The van der Waals surface area contributed by atoms with Crippen LogP contribution >= 0.6 is 11.3 Å². The van der Waals surface area contributed by atoms with Crippen molar-refractivity contribution in [3.05, 3.63) is 16.1 Å². The molecule has 1 aromatic heterocycles. The van der Waals surface area contributed by atoms with Gasteiger partial charge in [-0.25, -0.2) is 4.98 Å². The molecule has 1 fully saturated rings. The van der Waals surface area contributed by atoms with E-state index in [0.29, 0.717) is 5.92 Å². The van der Waals surface area contributed by atoms with Gasteiger partial charge in [-0.3, -0.25) is 0 Å². The van der Waals surface area contributed by atoms with E-state index in [1.165, 1.54) is 36.6 Å². The second-order valence-electron chi connectivity index (χ2n) is 4.53. The van der Waals surface area contributed by atoms with E-state index >= 15 is 0 Å². The Morgan fingerprint density at radius 1 is 1.50 bits per heavy atom. The van der Waals surface area contributed by atoms with Gasteiger partial charge in [0, 0.05) is 17.8 Å².